The summed E-state index contributed by atoms with van der Waals surface area (Å²) in [5.41, 5.74) is 1.29. The van der Waals surface area contributed by atoms with Gasteiger partial charge in [0.2, 0.25) is 11.8 Å². The Kier molecular flexibility index (Phi) is 17.8. The molecule has 0 saturated heterocycles. The fourth-order valence-corrected chi connectivity index (χ4v) is 7.18. The van der Waals surface area contributed by atoms with Crippen molar-refractivity contribution in [2.75, 3.05) is 20.2 Å². The molecule has 14 heteroatoms. The Bertz CT molecular complexity index is 1490. The molecule has 2 heterocycles. The van der Waals surface area contributed by atoms with Crippen molar-refractivity contribution >= 4 is 29.1 Å². The summed E-state index contributed by atoms with van der Waals surface area (Å²) < 4.78 is 6.42. The number of benzene rings is 1. The third kappa shape index (κ3) is 11.9. The van der Waals surface area contributed by atoms with Crippen molar-refractivity contribution in [3.05, 3.63) is 57.8 Å². The van der Waals surface area contributed by atoms with E-state index in [4.69, 9.17) is 9.72 Å². The molecule has 0 fully saturated rings. The number of likely N-dealkylation sites (N-methyl/N-ethyl adjacent to an activating group) is 1. The lowest BCUT2D eigenvalue weighted by Gasteiger charge is -2.39. The van der Waals surface area contributed by atoms with Gasteiger partial charge in [-0.1, -0.05) is 104 Å². The average Bonchev–Trinajstić information content (AvgIpc) is 3.87. The van der Waals surface area contributed by atoms with Gasteiger partial charge in [-0.05, 0) is 43.2 Å². The van der Waals surface area contributed by atoms with Crippen molar-refractivity contribution in [3.8, 4) is 0 Å². The Morgan fingerprint density at radius 1 is 0.942 bits per heavy atom. The Morgan fingerprint density at radius 2 is 1.63 bits per heavy atom. The first-order valence-electron chi connectivity index (χ1n) is 18.9. The number of carbonyl (C=O) groups is 3. The SMILES string of the molecule is CCCOC(CC(C(C)C)N(CCC)C(=O)C(NC(=O)C(NC)C(C)CC)C(C)CC)c1nc(C(=O)NC(Cc2ccccc2)c2nn[nH]n2)cs1. The second-order valence-electron chi connectivity index (χ2n) is 14.0. The highest BCUT2D eigenvalue weighted by Gasteiger charge is 2.37. The minimum absolute atomic E-state index is 0.0663. The molecule has 0 spiro atoms. The van der Waals surface area contributed by atoms with Gasteiger partial charge in [-0.3, -0.25) is 14.4 Å². The van der Waals surface area contributed by atoms with Crippen LogP contribution in [-0.4, -0.2) is 86.6 Å². The van der Waals surface area contributed by atoms with Gasteiger partial charge in [0.05, 0.1) is 12.1 Å². The molecule has 7 atom stereocenters. The van der Waals surface area contributed by atoms with Crippen LogP contribution in [0.1, 0.15) is 127 Å². The maximum absolute atomic E-state index is 14.6. The van der Waals surface area contributed by atoms with Gasteiger partial charge < -0.3 is 25.6 Å². The number of aromatic amines is 1. The fraction of sp³-hybridized carbons (Fsp3) is 0.658. The molecular formula is C38H61N9O4S. The predicted molar refractivity (Wildman–Crippen MR) is 205 cm³/mol. The molecule has 4 N–H and O–H groups in total. The largest absolute Gasteiger partial charge is 0.371 e. The van der Waals surface area contributed by atoms with Gasteiger partial charge in [0.25, 0.3) is 5.91 Å². The molecule has 1 aromatic carbocycles. The number of ether oxygens (including phenoxy) is 1. The number of tetrazole rings is 1. The standard InChI is InChI=1S/C38H61N9O4S/c1-10-19-47(38(50)33(26(8)13-4)42-36(49)32(39-9)25(7)12-3)30(24(5)6)22-31(51-20-11-2)37-41-29(23-52-37)35(48)40-28(34-43-45-46-44-34)21-27-17-15-14-16-18-27/h14-18,23-26,28,30-33,39H,10-13,19-22H2,1-9H3,(H,40,48)(H,42,49)(H,43,44,45,46). The van der Waals surface area contributed by atoms with E-state index in [0.717, 1.165) is 31.2 Å². The summed E-state index contributed by atoms with van der Waals surface area (Å²) in [6, 6.07) is 8.02. The van der Waals surface area contributed by atoms with Crippen LogP contribution in [0.2, 0.25) is 0 Å². The summed E-state index contributed by atoms with van der Waals surface area (Å²) >= 11 is 1.37. The number of carbonyl (C=O) groups excluding carboxylic acids is 3. The van der Waals surface area contributed by atoms with Crippen molar-refractivity contribution in [1.82, 2.24) is 46.5 Å². The van der Waals surface area contributed by atoms with E-state index in [9.17, 15) is 14.4 Å². The Morgan fingerprint density at radius 3 is 2.21 bits per heavy atom. The molecular weight excluding hydrogens is 679 g/mol. The number of aromatic nitrogens is 5. The molecule has 288 valence electrons. The highest BCUT2D eigenvalue weighted by atomic mass is 32.1. The molecule has 13 nitrogen and oxygen atoms in total. The van der Waals surface area contributed by atoms with Gasteiger partial charge in [-0.25, -0.2) is 4.98 Å². The number of amides is 3. The smallest absolute Gasteiger partial charge is 0.271 e. The molecule has 0 radical (unpaired) electrons. The molecule has 0 aliphatic carbocycles. The maximum atomic E-state index is 14.6. The third-order valence-corrected chi connectivity index (χ3v) is 10.7. The fourth-order valence-electron chi connectivity index (χ4n) is 6.32. The minimum atomic E-state index is -0.668. The van der Waals surface area contributed by atoms with E-state index in [-0.39, 0.29) is 47.2 Å². The summed E-state index contributed by atoms with van der Waals surface area (Å²) in [4.78, 5) is 48.5. The number of hydrogen-bond donors (Lipinski definition) is 4. The van der Waals surface area contributed by atoms with Crippen molar-refractivity contribution in [2.45, 2.75) is 124 Å². The third-order valence-electron chi connectivity index (χ3n) is 9.77. The van der Waals surface area contributed by atoms with Crippen LogP contribution in [0.25, 0.3) is 0 Å². The molecule has 3 amide bonds. The molecule has 0 bridgehead atoms. The van der Waals surface area contributed by atoms with Crippen LogP contribution in [0.15, 0.2) is 35.7 Å². The molecule has 0 aliphatic rings. The first kappa shape index (κ1) is 42.7. The zero-order valence-electron chi connectivity index (χ0n) is 32.5. The van der Waals surface area contributed by atoms with Gasteiger partial charge in [0, 0.05) is 37.4 Å². The summed E-state index contributed by atoms with van der Waals surface area (Å²) in [6.07, 6.45) is 3.66. The van der Waals surface area contributed by atoms with Crippen molar-refractivity contribution < 1.29 is 19.1 Å². The van der Waals surface area contributed by atoms with Crippen LogP contribution in [0.4, 0.5) is 0 Å². The summed E-state index contributed by atoms with van der Waals surface area (Å²) in [5, 5.41) is 26.2. The van der Waals surface area contributed by atoms with Crippen LogP contribution >= 0.6 is 11.3 Å². The molecule has 3 aromatic rings. The molecule has 52 heavy (non-hydrogen) atoms. The van der Waals surface area contributed by atoms with Crippen molar-refractivity contribution in [2.24, 2.45) is 17.8 Å². The van der Waals surface area contributed by atoms with Gasteiger partial charge in [0.1, 0.15) is 22.8 Å². The first-order chi connectivity index (χ1) is 25.0. The van der Waals surface area contributed by atoms with Gasteiger partial charge in [0.15, 0.2) is 5.82 Å². The normalized spacial score (nSPS) is 15.7. The first-order valence-corrected chi connectivity index (χ1v) is 19.8. The minimum Gasteiger partial charge on any atom is -0.371 e. The number of rotatable bonds is 23. The second-order valence-corrected chi connectivity index (χ2v) is 14.9. The summed E-state index contributed by atoms with van der Waals surface area (Å²) in [7, 11) is 1.79. The zero-order chi connectivity index (χ0) is 38.2. The lowest BCUT2D eigenvalue weighted by Crippen LogP contribution is -2.59. The topological polar surface area (TPSA) is 167 Å². The van der Waals surface area contributed by atoms with Crippen LogP contribution in [-0.2, 0) is 20.7 Å². The van der Waals surface area contributed by atoms with Crippen LogP contribution < -0.4 is 16.0 Å². The van der Waals surface area contributed by atoms with Crippen LogP contribution in [0.3, 0.4) is 0 Å². The van der Waals surface area contributed by atoms with Gasteiger partial charge >= 0.3 is 0 Å². The number of hydrogen-bond acceptors (Lipinski definition) is 10. The van der Waals surface area contributed by atoms with Crippen LogP contribution in [0, 0.1) is 17.8 Å². The van der Waals surface area contributed by atoms with E-state index in [0.29, 0.717) is 36.8 Å². The highest BCUT2D eigenvalue weighted by molar-refractivity contribution is 7.09. The van der Waals surface area contributed by atoms with E-state index in [1.807, 2.05) is 62.9 Å². The average molecular weight is 740 g/mol. The number of nitrogens with zero attached hydrogens (tertiary/aromatic N) is 5. The van der Waals surface area contributed by atoms with Gasteiger partial charge in [-0.2, -0.15) is 5.21 Å². The predicted octanol–water partition coefficient (Wildman–Crippen LogP) is 5.66. The lowest BCUT2D eigenvalue weighted by molar-refractivity contribution is -0.142. The molecule has 0 aliphatic heterocycles. The van der Waals surface area contributed by atoms with E-state index >= 15 is 0 Å². The molecule has 7 unspecified atom stereocenters. The number of H-pyrrole nitrogens is 1. The maximum Gasteiger partial charge on any atom is 0.271 e. The molecule has 2 aromatic heterocycles. The Hall–Kier alpha value is -3.75. The van der Waals surface area contributed by atoms with E-state index < -0.39 is 24.2 Å². The second kappa shape index (κ2) is 21.7. The quantitative estimate of drug-likeness (QED) is 0.0961. The lowest BCUT2D eigenvalue weighted by atomic mass is 9.91. The van der Waals surface area contributed by atoms with E-state index in [1.165, 1.54) is 11.3 Å². The Labute approximate surface area is 313 Å². The van der Waals surface area contributed by atoms with E-state index in [2.05, 4.69) is 64.3 Å². The van der Waals surface area contributed by atoms with Crippen molar-refractivity contribution in [3.63, 3.8) is 0 Å². The number of nitrogens with one attached hydrogen (secondary N) is 4. The summed E-state index contributed by atoms with van der Waals surface area (Å²) in [5.74, 6) is -0.0804. The van der Waals surface area contributed by atoms with Crippen LogP contribution in [0.5, 0.6) is 0 Å². The van der Waals surface area contributed by atoms with E-state index in [1.54, 1.807) is 12.4 Å². The summed E-state index contributed by atoms with van der Waals surface area (Å²) in [6.45, 7) is 17.5. The van der Waals surface area contributed by atoms with Gasteiger partial charge in [-0.15, -0.1) is 21.5 Å². The Balaban J connectivity index is 1.88. The molecule has 0 saturated carbocycles. The number of thiazole rings is 1. The molecule has 3 rings (SSSR count). The zero-order valence-corrected chi connectivity index (χ0v) is 33.3. The monoisotopic (exact) mass is 739 g/mol. The van der Waals surface area contributed by atoms with Crippen molar-refractivity contribution in [1.29, 1.82) is 0 Å². The highest BCUT2D eigenvalue weighted by Crippen LogP contribution is 2.32.